The molecule has 0 atom stereocenters. The summed E-state index contributed by atoms with van der Waals surface area (Å²) in [5.74, 6) is 0.555. The van der Waals surface area contributed by atoms with Gasteiger partial charge in [-0.05, 0) is 24.3 Å². The zero-order chi connectivity index (χ0) is 20.1. The van der Waals surface area contributed by atoms with Crippen molar-refractivity contribution in [3.8, 4) is 11.8 Å². The Kier molecular flexibility index (Phi) is 6.81. The van der Waals surface area contributed by atoms with Crippen LogP contribution in [0.25, 0.3) is 0 Å². The molecular weight excluding hydrogens is 421 g/mol. The largest absolute Gasteiger partial charge is 0.491 e. The van der Waals surface area contributed by atoms with Crippen LogP contribution in [0.3, 0.4) is 0 Å². The Morgan fingerprint density at radius 2 is 1.64 bits per heavy atom. The molecule has 148 valence electrons. The fourth-order valence-electron chi connectivity index (χ4n) is 3.02. The summed E-state index contributed by atoms with van der Waals surface area (Å²) >= 11 is 12.1. The van der Waals surface area contributed by atoms with Crippen molar-refractivity contribution in [1.82, 2.24) is 9.21 Å². The van der Waals surface area contributed by atoms with Crippen molar-refractivity contribution >= 4 is 33.2 Å². The number of nitriles is 1. The lowest BCUT2D eigenvalue weighted by molar-refractivity contribution is 0.158. The van der Waals surface area contributed by atoms with Crippen molar-refractivity contribution in [2.45, 2.75) is 4.90 Å². The van der Waals surface area contributed by atoms with Crippen LogP contribution in [0.15, 0.2) is 47.4 Å². The number of para-hydroxylation sites is 1. The van der Waals surface area contributed by atoms with Gasteiger partial charge in [0.2, 0.25) is 10.0 Å². The van der Waals surface area contributed by atoms with Crippen LogP contribution in [0.4, 0.5) is 0 Å². The highest BCUT2D eigenvalue weighted by Crippen LogP contribution is 2.31. The zero-order valence-electron chi connectivity index (χ0n) is 15.0. The van der Waals surface area contributed by atoms with E-state index in [2.05, 4.69) is 11.0 Å². The van der Waals surface area contributed by atoms with Crippen molar-refractivity contribution in [3.63, 3.8) is 0 Å². The maximum atomic E-state index is 12.9. The van der Waals surface area contributed by atoms with Crippen LogP contribution in [0.5, 0.6) is 5.75 Å². The molecule has 0 radical (unpaired) electrons. The van der Waals surface area contributed by atoms with E-state index in [0.29, 0.717) is 50.6 Å². The second-order valence-corrected chi connectivity index (χ2v) is 8.94. The van der Waals surface area contributed by atoms with Gasteiger partial charge in [-0.25, -0.2) is 8.42 Å². The van der Waals surface area contributed by atoms with Gasteiger partial charge in [0.05, 0.1) is 15.6 Å². The predicted octanol–water partition coefficient (Wildman–Crippen LogP) is 3.25. The molecule has 2 aromatic carbocycles. The fourth-order valence-corrected chi connectivity index (χ4v) is 5.53. The van der Waals surface area contributed by atoms with E-state index in [1.807, 2.05) is 6.07 Å². The van der Waals surface area contributed by atoms with E-state index >= 15 is 0 Å². The summed E-state index contributed by atoms with van der Waals surface area (Å²) in [5, 5.41) is 9.33. The first-order valence-corrected chi connectivity index (χ1v) is 10.9. The lowest BCUT2D eigenvalue weighted by Crippen LogP contribution is -2.49. The Bertz CT molecular complexity index is 964. The van der Waals surface area contributed by atoms with Gasteiger partial charge >= 0.3 is 0 Å². The van der Waals surface area contributed by atoms with Crippen molar-refractivity contribution < 1.29 is 13.2 Å². The van der Waals surface area contributed by atoms with Crippen LogP contribution in [0.1, 0.15) is 5.56 Å². The fraction of sp³-hybridized carbons (Fsp3) is 0.316. The van der Waals surface area contributed by atoms with Crippen LogP contribution in [0.2, 0.25) is 10.0 Å². The SMILES string of the molecule is N#Cc1ccccc1OCCN1CCN(S(=O)(=O)c2c(Cl)cccc2Cl)CC1. The molecule has 9 heteroatoms. The molecule has 2 aromatic rings. The molecule has 6 nitrogen and oxygen atoms in total. The van der Waals surface area contributed by atoms with Crippen LogP contribution < -0.4 is 4.74 Å². The number of ether oxygens (including phenoxy) is 1. The van der Waals surface area contributed by atoms with Gasteiger partial charge in [-0.1, -0.05) is 41.4 Å². The molecule has 1 aliphatic rings. The Hall–Kier alpha value is -1.82. The normalized spacial score (nSPS) is 15.9. The maximum Gasteiger partial charge on any atom is 0.246 e. The predicted molar refractivity (Wildman–Crippen MR) is 108 cm³/mol. The van der Waals surface area contributed by atoms with E-state index in [1.165, 1.54) is 16.4 Å². The Balaban J connectivity index is 1.55. The molecule has 0 amide bonds. The zero-order valence-corrected chi connectivity index (χ0v) is 17.3. The van der Waals surface area contributed by atoms with E-state index in [4.69, 9.17) is 33.2 Å². The molecule has 1 aliphatic heterocycles. The summed E-state index contributed by atoms with van der Waals surface area (Å²) in [4.78, 5) is 2.08. The van der Waals surface area contributed by atoms with E-state index in [9.17, 15) is 8.42 Å². The number of rotatable bonds is 6. The molecule has 3 rings (SSSR count). The third-order valence-electron chi connectivity index (χ3n) is 4.52. The highest BCUT2D eigenvalue weighted by molar-refractivity contribution is 7.89. The number of sulfonamides is 1. The number of hydrogen-bond donors (Lipinski definition) is 0. The van der Waals surface area contributed by atoms with Crippen molar-refractivity contribution in [3.05, 3.63) is 58.1 Å². The Morgan fingerprint density at radius 3 is 2.29 bits per heavy atom. The Labute approximate surface area is 174 Å². The summed E-state index contributed by atoms with van der Waals surface area (Å²) in [6.45, 7) is 2.90. The van der Waals surface area contributed by atoms with Crippen LogP contribution >= 0.6 is 23.2 Å². The number of hydrogen-bond acceptors (Lipinski definition) is 5. The summed E-state index contributed by atoms with van der Waals surface area (Å²) < 4.78 is 32.9. The minimum absolute atomic E-state index is 0.0387. The average Bonchev–Trinajstić information content (AvgIpc) is 2.68. The molecular formula is C19H19Cl2N3O3S. The molecule has 28 heavy (non-hydrogen) atoms. The van der Waals surface area contributed by atoms with Crippen molar-refractivity contribution in [1.29, 1.82) is 5.26 Å². The second-order valence-electron chi connectivity index (χ2n) is 6.25. The van der Waals surface area contributed by atoms with Gasteiger partial charge in [0, 0.05) is 32.7 Å². The van der Waals surface area contributed by atoms with E-state index in [-0.39, 0.29) is 14.9 Å². The van der Waals surface area contributed by atoms with Crippen LogP contribution in [-0.2, 0) is 10.0 Å². The average molecular weight is 440 g/mol. The van der Waals surface area contributed by atoms with E-state index < -0.39 is 10.0 Å². The first-order valence-electron chi connectivity index (χ1n) is 8.72. The van der Waals surface area contributed by atoms with E-state index in [0.717, 1.165) is 0 Å². The lowest BCUT2D eigenvalue weighted by Gasteiger charge is -2.34. The number of piperazine rings is 1. The first kappa shape index (κ1) is 20.9. The molecule has 1 heterocycles. The summed E-state index contributed by atoms with van der Waals surface area (Å²) in [6, 6.07) is 13.8. The molecule has 1 saturated heterocycles. The highest BCUT2D eigenvalue weighted by atomic mass is 35.5. The topological polar surface area (TPSA) is 73.6 Å². The molecule has 0 aliphatic carbocycles. The van der Waals surface area contributed by atoms with Crippen molar-refractivity contribution in [2.24, 2.45) is 0 Å². The first-order chi connectivity index (χ1) is 13.4. The minimum Gasteiger partial charge on any atom is -0.491 e. The molecule has 0 unspecified atom stereocenters. The summed E-state index contributed by atoms with van der Waals surface area (Å²) in [7, 11) is -3.74. The van der Waals surface area contributed by atoms with E-state index in [1.54, 1.807) is 24.3 Å². The molecule has 0 N–H and O–H groups in total. The third kappa shape index (κ3) is 4.59. The maximum absolute atomic E-state index is 12.9. The van der Waals surface area contributed by atoms with Crippen LogP contribution in [0, 0.1) is 11.3 Å². The summed E-state index contributed by atoms with van der Waals surface area (Å²) in [6.07, 6.45) is 0. The Morgan fingerprint density at radius 1 is 1.00 bits per heavy atom. The second kappa shape index (κ2) is 9.12. The molecule has 0 saturated carbocycles. The molecule has 0 aromatic heterocycles. The highest BCUT2D eigenvalue weighted by Gasteiger charge is 2.31. The monoisotopic (exact) mass is 439 g/mol. The molecule has 0 spiro atoms. The van der Waals surface area contributed by atoms with Gasteiger partial charge in [-0.2, -0.15) is 9.57 Å². The standard InChI is InChI=1S/C19H19Cl2N3O3S/c20-16-5-3-6-17(21)19(16)28(25,26)24-10-8-23(9-11-24)12-13-27-18-7-2-1-4-15(18)14-22/h1-7H,8-13H2. The smallest absolute Gasteiger partial charge is 0.246 e. The molecule has 1 fully saturated rings. The minimum atomic E-state index is -3.74. The summed E-state index contributed by atoms with van der Waals surface area (Å²) in [5.41, 5.74) is 0.495. The van der Waals surface area contributed by atoms with Gasteiger partial charge in [0.1, 0.15) is 23.3 Å². The lowest BCUT2D eigenvalue weighted by atomic mass is 10.2. The van der Waals surface area contributed by atoms with Gasteiger partial charge in [0.25, 0.3) is 0 Å². The van der Waals surface area contributed by atoms with Gasteiger partial charge in [-0.3, -0.25) is 4.90 Å². The van der Waals surface area contributed by atoms with Gasteiger partial charge in [-0.15, -0.1) is 0 Å². The number of nitrogens with zero attached hydrogens (tertiary/aromatic N) is 3. The van der Waals surface area contributed by atoms with Gasteiger partial charge in [0.15, 0.2) is 0 Å². The van der Waals surface area contributed by atoms with Gasteiger partial charge < -0.3 is 4.74 Å². The molecule has 0 bridgehead atoms. The number of benzene rings is 2. The number of halogens is 2. The quantitative estimate of drug-likeness (QED) is 0.690. The van der Waals surface area contributed by atoms with Crippen molar-refractivity contribution in [2.75, 3.05) is 39.3 Å². The van der Waals surface area contributed by atoms with Crippen LogP contribution in [-0.4, -0.2) is 57.0 Å². The third-order valence-corrected chi connectivity index (χ3v) is 7.38.